The van der Waals surface area contributed by atoms with E-state index in [9.17, 15) is 18.0 Å². The number of rotatable bonds is 10. The van der Waals surface area contributed by atoms with Crippen molar-refractivity contribution in [3.05, 3.63) is 46.7 Å². The number of amides is 1. The lowest BCUT2D eigenvalue weighted by atomic mass is 9.87. The summed E-state index contributed by atoms with van der Waals surface area (Å²) in [5.74, 6) is 0.673. The SMILES string of the molecule is CC[C@@H]1CC(N(Cc2cc(Cl)cc(C(F)(F)F)c2)c2ncc(OCCO)cn2)C[C@H](CC)N1C(=O)OC(C)C. The van der Waals surface area contributed by atoms with Crippen LogP contribution in [0.25, 0.3) is 0 Å². The van der Waals surface area contributed by atoms with E-state index in [0.717, 1.165) is 12.1 Å². The van der Waals surface area contributed by atoms with Crippen LogP contribution in [0.3, 0.4) is 0 Å². The molecule has 39 heavy (non-hydrogen) atoms. The van der Waals surface area contributed by atoms with Gasteiger partial charge in [0, 0.05) is 29.7 Å². The molecule has 1 unspecified atom stereocenters. The number of carbonyl (C=O) groups is 1. The Morgan fingerprint density at radius 2 is 1.77 bits per heavy atom. The Kier molecular flexibility index (Phi) is 10.7. The lowest BCUT2D eigenvalue weighted by Gasteiger charge is -2.47. The second kappa shape index (κ2) is 13.5. The normalized spacial score (nSPS) is 19.7. The predicted molar refractivity (Wildman–Crippen MR) is 142 cm³/mol. The Balaban J connectivity index is 1.98. The van der Waals surface area contributed by atoms with Crippen LogP contribution in [-0.2, 0) is 17.5 Å². The summed E-state index contributed by atoms with van der Waals surface area (Å²) in [5, 5.41) is 8.99. The van der Waals surface area contributed by atoms with E-state index in [4.69, 9.17) is 26.2 Å². The van der Waals surface area contributed by atoms with Crippen LogP contribution in [0.4, 0.5) is 23.9 Å². The van der Waals surface area contributed by atoms with E-state index < -0.39 is 11.7 Å². The molecule has 1 aliphatic heterocycles. The van der Waals surface area contributed by atoms with Crippen molar-refractivity contribution in [1.82, 2.24) is 14.9 Å². The molecule has 216 valence electrons. The van der Waals surface area contributed by atoms with Gasteiger partial charge in [-0.15, -0.1) is 0 Å². The third kappa shape index (κ3) is 8.11. The fourth-order valence-corrected chi connectivity index (χ4v) is 5.21. The van der Waals surface area contributed by atoms with Crippen molar-refractivity contribution < 1.29 is 32.5 Å². The summed E-state index contributed by atoms with van der Waals surface area (Å²) in [4.78, 5) is 25.6. The Hall–Kier alpha value is -2.79. The van der Waals surface area contributed by atoms with Crippen LogP contribution < -0.4 is 9.64 Å². The van der Waals surface area contributed by atoms with E-state index in [1.54, 1.807) is 13.8 Å². The minimum Gasteiger partial charge on any atom is -0.488 e. The lowest BCUT2D eigenvalue weighted by molar-refractivity contribution is -0.137. The Labute approximate surface area is 232 Å². The molecule has 1 aromatic heterocycles. The average molecular weight is 573 g/mol. The highest BCUT2D eigenvalue weighted by Gasteiger charge is 2.41. The van der Waals surface area contributed by atoms with Crippen LogP contribution in [-0.4, -0.2) is 63.5 Å². The van der Waals surface area contributed by atoms with Gasteiger partial charge < -0.3 is 24.4 Å². The molecule has 1 saturated heterocycles. The molecule has 3 atom stereocenters. The van der Waals surface area contributed by atoms with Crippen molar-refractivity contribution in [3.8, 4) is 5.75 Å². The number of aromatic nitrogens is 2. The molecule has 0 bridgehead atoms. The first-order valence-electron chi connectivity index (χ1n) is 13.1. The maximum Gasteiger partial charge on any atom is 0.416 e. The molecule has 8 nitrogen and oxygen atoms in total. The largest absolute Gasteiger partial charge is 0.488 e. The van der Waals surface area contributed by atoms with Crippen LogP contribution in [0.2, 0.25) is 5.02 Å². The molecule has 2 heterocycles. The average Bonchev–Trinajstić information content (AvgIpc) is 2.88. The molecule has 1 fully saturated rings. The number of likely N-dealkylation sites (tertiary alicyclic amines) is 1. The van der Waals surface area contributed by atoms with E-state index in [1.807, 2.05) is 23.6 Å². The standard InChI is InChI=1S/C27H36ClF3N4O4/c1-5-21-12-23(13-22(6-2)35(21)26(37)39-17(3)4)34(25-32-14-24(15-33-25)38-8-7-36)16-18-9-19(27(29,30)31)11-20(28)10-18/h9-11,14-15,17,21-23,36H,5-8,12-13,16H2,1-4H3/t21-,22+,23?. The number of piperidine rings is 1. The first-order chi connectivity index (χ1) is 18.5. The molecule has 0 saturated carbocycles. The monoisotopic (exact) mass is 572 g/mol. The smallest absolute Gasteiger partial charge is 0.416 e. The van der Waals surface area contributed by atoms with Crippen LogP contribution in [0.1, 0.15) is 64.5 Å². The molecule has 0 aliphatic carbocycles. The number of aliphatic hydroxyl groups excluding tert-OH is 1. The molecule has 12 heteroatoms. The van der Waals surface area contributed by atoms with Gasteiger partial charge >= 0.3 is 12.3 Å². The fourth-order valence-electron chi connectivity index (χ4n) is 4.95. The van der Waals surface area contributed by atoms with Crippen LogP contribution in [0.15, 0.2) is 30.6 Å². The van der Waals surface area contributed by atoms with Gasteiger partial charge in [0.25, 0.3) is 0 Å². The Bertz CT molecular complexity index is 1070. The second-order valence-electron chi connectivity index (χ2n) is 9.85. The maximum absolute atomic E-state index is 13.5. The van der Waals surface area contributed by atoms with Gasteiger partial charge in [-0.2, -0.15) is 13.2 Å². The number of anilines is 1. The number of benzene rings is 1. The van der Waals surface area contributed by atoms with Gasteiger partial charge in [-0.3, -0.25) is 0 Å². The van der Waals surface area contributed by atoms with E-state index in [0.29, 0.717) is 42.9 Å². The summed E-state index contributed by atoms with van der Waals surface area (Å²) in [6.07, 6.45) is 0.235. The molecule has 0 spiro atoms. The topological polar surface area (TPSA) is 88.0 Å². The summed E-state index contributed by atoms with van der Waals surface area (Å²) >= 11 is 6.08. The summed E-state index contributed by atoms with van der Waals surface area (Å²) in [7, 11) is 0. The second-order valence-corrected chi connectivity index (χ2v) is 10.3. The zero-order valence-corrected chi connectivity index (χ0v) is 23.4. The molecular weight excluding hydrogens is 537 g/mol. The maximum atomic E-state index is 13.5. The molecule has 1 aliphatic rings. The third-order valence-corrected chi connectivity index (χ3v) is 6.89. The van der Waals surface area contributed by atoms with E-state index >= 15 is 0 Å². The number of ether oxygens (including phenoxy) is 2. The molecular formula is C27H36ClF3N4O4. The predicted octanol–water partition coefficient (Wildman–Crippen LogP) is 6.09. The number of aliphatic hydroxyl groups is 1. The number of carbonyl (C=O) groups excluding carboxylic acids is 1. The summed E-state index contributed by atoms with van der Waals surface area (Å²) < 4.78 is 51.5. The van der Waals surface area contributed by atoms with Gasteiger partial charge in [-0.1, -0.05) is 25.4 Å². The zero-order chi connectivity index (χ0) is 28.7. The molecule has 2 aromatic rings. The number of alkyl halides is 3. The van der Waals surface area contributed by atoms with Crippen molar-refractivity contribution in [1.29, 1.82) is 0 Å². The highest BCUT2D eigenvalue weighted by atomic mass is 35.5. The van der Waals surface area contributed by atoms with E-state index in [-0.39, 0.29) is 55.1 Å². The van der Waals surface area contributed by atoms with Crippen molar-refractivity contribution in [2.45, 2.75) is 90.3 Å². The summed E-state index contributed by atoms with van der Waals surface area (Å²) in [6, 6.07) is 3.03. The Morgan fingerprint density at radius 3 is 2.28 bits per heavy atom. The fraction of sp³-hybridized carbons (Fsp3) is 0.593. The number of halogens is 4. The van der Waals surface area contributed by atoms with Crippen LogP contribution in [0, 0.1) is 0 Å². The minimum atomic E-state index is -4.55. The molecule has 0 radical (unpaired) electrons. The molecule has 1 N–H and O–H groups in total. The van der Waals surface area contributed by atoms with E-state index in [2.05, 4.69) is 9.97 Å². The molecule has 1 amide bonds. The third-order valence-electron chi connectivity index (χ3n) is 6.67. The van der Waals surface area contributed by atoms with Crippen molar-refractivity contribution in [2.24, 2.45) is 0 Å². The molecule has 1 aromatic carbocycles. The first-order valence-corrected chi connectivity index (χ1v) is 13.5. The van der Waals surface area contributed by atoms with Gasteiger partial charge in [0.05, 0.1) is 30.7 Å². The van der Waals surface area contributed by atoms with Gasteiger partial charge in [-0.05, 0) is 63.3 Å². The number of nitrogens with zero attached hydrogens (tertiary/aromatic N) is 4. The van der Waals surface area contributed by atoms with Gasteiger partial charge in [-0.25, -0.2) is 14.8 Å². The highest BCUT2D eigenvalue weighted by Crippen LogP contribution is 2.36. The van der Waals surface area contributed by atoms with Gasteiger partial charge in [0.15, 0.2) is 5.75 Å². The zero-order valence-electron chi connectivity index (χ0n) is 22.6. The highest BCUT2D eigenvalue weighted by molar-refractivity contribution is 6.30. The van der Waals surface area contributed by atoms with E-state index in [1.165, 1.54) is 18.5 Å². The van der Waals surface area contributed by atoms with Crippen molar-refractivity contribution in [2.75, 3.05) is 18.1 Å². The number of hydrogen-bond donors (Lipinski definition) is 1. The Morgan fingerprint density at radius 1 is 1.15 bits per heavy atom. The minimum absolute atomic E-state index is 0.0161. The van der Waals surface area contributed by atoms with Gasteiger partial charge in [0.1, 0.15) is 6.61 Å². The lowest BCUT2D eigenvalue weighted by Crippen LogP contribution is -2.57. The van der Waals surface area contributed by atoms with Crippen molar-refractivity contribution >= 4 is 23.6 Å². The summed E-state index contributed by atoms with van der Waals surface area (Å²) in [6.45, 7) is 7.59. The first kappa shape index (κ1) is 30.7. The number of hydrogen-bond acceptors (Lipinski definition) is 7. The van der Waals surface area contributed by atoms with Gasteiger partial charge in [0.2, 0.25) is 5.95 Å². The van der Waals surface area contributed by atoms with Crippen LogP contribution in [0.5, 0.6) is 5.75 Å². The van der Waals surface area contributed by atoms with Crippen LogP contribution >= 0.6 is 11.6 Å². The summed E-state index contributed by atoms with van der Waals surface area (Å²) in [5.41, 5.74) is -0.468. The molecule has 3 rings (SSSR count). The van der Waals surface area contributed by atoms with Crippen molar-refractivity contribution in [3.63, 3.8) is 0 Å². The quantitative estimate of drug-likeness (QED) is 0.368.